The molecule has 4 fully saturated rings. The fourth-order valence-corrected chi connectivity index (χ4v) is 9.09. The number of aryl methyl sites for hydroxylation is 2. The van der Waals surface area contributed by atoms with Crippen molar-refractivity contribution in [3.8, 4) is 5.75 Å². The zero-order chi connectivity index (χ0) is 56.6. The molecule has 0 spiro atoms. The van der Waals surface area contributed by atoms with Crippen molar-refractivity contribution in [3.63, 3.8) is 0 Å². The predicted molar refractivity (Wildman–Crippen MR) is 297 cm³/mol. The molecule has 4 aliphatic heterocycles. The number of non-ortho nitro benzene ring substituents is 1. The van der Waals surface area contributed by atoms with Gasteiger partial charge in [-0.3, -0.25) is 29.5 Å². The van der Waals surface area contributed by atoms with Crippen molar-refractivity contribution in [2.75, 3.05) is 125 Å². The molecule has 24 heteroatoms. The highest BCUT2D eigenvalue weighted by Crippen LogP contribution is 2.28. The quantitative estimate of drug-likeness (QED) is 0.113. The Hall–Kier alpha value is -7.93. The number of amides is 4. The molecule has 0 aliphatic carbocycles. The molecule has 2 N–H and O–H groups in total. The van der Waals surface area contributed by atoms with Crippen LogP contribution in [0.15, 0.2) is 85.2 Å². The maximum atomic E-state index is 12.7. The second-order valence-corrected chi connectivity index (χ2v) is 20.5. The number of benzene rings is 3. The maximum Gasteiger partial charge on any atom is 0.440 e. The van der Waals surface area contributed by atoms with Crippen LogP contribution in [0.25, 0.3) is 0 Å². The number of carbonyl (C=O) groups is 5. The summed E-state index contributed by atoms with van der Waals surface area (Å²) >= 11 is 0. The van der Waals surface area contributed by atoms with Gasteiger partial charge in [-0.05, 0) is 81.1 Å². The summed E-state index contributed by atoms with van der Waals surface area (Å²) in [5.74, 6) is 0.211. The Labute approximate surface area is 460 Å². The van der Waals surface area contributed by atoms with Crippen molar-refractivity contribution in [2.45, 2.75) is 67.2 Å². The van der Waals surface area contributed by atoms with Crippen molar-refractivity contribution < 1.29 is 47.8 Å². The summed E-state index contributed by atoms with van der Waals surface area (Å²) in [5.41, 5.74) is 7.29. The minimum atomic E-state index is -0.805. The molecule has 6 heterocycles. The highest BCUT2D eigenvalue weighted by atomic mass is 16.6. The molecule has 0 saturated carbocycles. The van der Waals surface area contributed by atoms with Gasteiger partial charge in [0, 0.05) is 154 Å². The Morgan fingerprint density at radius 1 is 0.595 bits per heavy atom. The third-order valence-electron chi connectivity index (χ3n) is 13.1. The number of ether oxygens (including phenoxy) is 4. The molecular formula is C55H73N13O11. The molecule has 4 amide bonds. The van der Waals surface area contributed by atoms with Crippen LogP contribution in [0.4, 0.5) is 43.1 Å². The maximum absolute atomic E-state index is 12.7. The van der Waals surface area contributed by atoms with Gasteiger partial charge in [0.05, 0.1) is 31.4 Å². The fraction of sp³-hybridized carbons (Fsp3) is 0.473. The van der Waals surface area contributed by atoms with Crippen LogP contribution in [-0.2, 0) is 36.9 Å². The summed E-state index contributed by atoms with van der Waals surface area (Å²) in [6.45, 7) is 27.4. The number of nitro benzene ring substituents is 1. The number of nitro groups is 1. The summed E-state index contributed by atoms with van der Waals surface area (Å²) in [6, 6.07) is 21.3. The molecule has 0 bridgehead atoms. The number of piperazine rings is 2. The molecule has 9 rings (SSSR count). The van der Waals surface area contributed by atoms with E-state index in [2.05, 4.69) is 90.7 Å². The zero-order valence-electron chi connectivity index (χ0n) is 46.2. The van der Waals surface area contributed by atoms with E-state index in [0.717, 1.165) is 96.6 Å². The van der Waals surface area contributed by atoms with Crippen molar-refractivity contribution in [3.05, 3.63) is 118 Å². The van der Waals surface area contributed by atoms with Crippen LogP contribution in [0.5, 0.6) is 5.75 Å². The van der Waals surface area contributed by atoms with Gasteiger partial charge in [-0.1, -0.05) is 24.3 Å². The van der Waals surface area contributed by atoms with Crippen LogP contribution in [-0.4, -0.2) is 185 Å². The number of aromatic nitrogens is 4. The highest BCUT2D eigenvalue weighted by Gasteiger charge is 2.28. The monoisotopic (exact) mass is 1090 g/mol. The van der Waals surface area contributed by atoms with Crippen molar-refractivity contribution in [1.82, 2.24) is 39.2 Å². The van der Waals surface area contributed by atoms with Gasteiger partial charge in [-0.25, -0.2) is 14.4 Å². The summed E-state index contributed by atoms with van der Waals surface area (Å²) in [4.78, 5) is 82.0. The molecule has 2 aromatic heterocycles. The van der Waals surface area contributed by atoms with E-state index >= 15 is 0 Å². The largest absolute Gasteiger partial charge is 0.444 e. The van der Waals surface area contributed by atoms with Crippen molar-refractivity contribution in [1.29, 1.82) is 0 Å². The topological polar surface area (TPSA) is 245 Å². The minimum Gasteiger partial charge on any atom is -0.444 e. The second kappa shape index (κ2) is 27.6. The molecule has 4 saturated heterocycles. The Morgan fingerprint density at radius 3 is 1.48 bits per heavy atom. The summed E-state index contributed by atoms with van der Waals surface area (Å²) in [6.07, 6.45) is 1.90. The zero-order valence-corrected chi connectivity index (χ0v) is 46.2. The van der Waals surface area contributed by atoms with Crippen LogP contribution in [0.3, 0.4) is 0 Å². The molecule has 4 aliphatic rings. The molecule has 0 unspecified atom stereocenters. The summed E-state index contributed by atoms with van der Waals surface area (Å²) in [7, 11) is 0. The third-order valence-corrected chi connectivity index (χ3v) is 13.1. The number of nitrogens with one attached hydrogen (secondary N) is 2. The van der Waals surface area contributed by atoms with E-state index in [9.17, 15) is 34.1 Å². The van der Waals surface area contributed by atoms with E-state index in [1.54, 1.807) is 17.2 Å². The Kier molecular flexibility index (Phi) is 20.5. The van der Waals surface area contributed by atoms with Gasteiger partial charge >= 0.3 is 18.2 Å². The van der Waals surface area contributed by atoms with Crippen molar-refractivity contribution >= 4 is 58.7 Å². The first-order chi connectivity index (χ1) is 37.8. The molecular weight excluding hydrogens is 1020 g/mol. The van der Waals surface area contributed by atoms with E-state index in [0.29, 0.717) is 32.0 Å². The lowest BCUT2D eigenvalue weighted by atomic mass is 10.1. The summed E-state index contributed by atoms with van der Waals surface area (Å²) < 4.78 is 23.7. The van der Waals surface area contributed by atoms with Gasteiger partial charge in [0.1, 0.15) is 11.4 Å². The first kappa shape index (κ1) is 58.7. The smallest absolute Gasteiger partial charge is 0.440 e. The van der Waals surface area contributed by atoms with Gasteiger partial charge in [0.2, 0.25) is 11.8 Å². The number of carbonyl (C=O) groups excluding carboxylic acids is 5. The molecule has 79 heavy (non-hydrogen) atoms. The predicted octanol–water partition coefficient (Wildman–Crippen LogP) is 6.45. The fourth-order valence-electron chi connectivity index (χ4n) is 9.09. The molecule has 3 aromatic carbocycles. The SMILES string of the molecule is CC(=O)Nc1ccn(C(=O)N2CCN(Cc3ccc(C)cc3N3CCOCC3)CC2)n1.CC(=O)Nc1ccn(C(=O)Oc2ccc([N+](=O)[O-])cc2)n1.Cc1ccc(CN2CCN(C(=O)OC(C)(C)C)CC2)c(N2CCOCC2)c1. The van der Waals surface area contributed by atoms with Gasteiger partial charge in [-0.2, -0.15) is 9.36 Å². The third kappa shape index (κ3) is 17.8. The highest BCUT2D eigenvalue weighted by molar-refractivity contribution is 5.88. The lowest BCUT2D eigenvalue weighted by Gasteiger charge is -2.37. The molecule has 424 valence electrons. The Balaban J connectivity index is 0.000000175. The lowest BCUT2D eigenvalue weighted by molar-refractivity contribution is -0.384. The van der Waals surface area contributed by atoms with Crippen molar-refractivity contribution in [2.24, 2.45) is 0 Å². The van der Waals surface area contributed by atoms with E-state index < -0.39 is 16.6 Å². The standard InChI is InChI=1S/C22H30N6O3.C21H33N3O3.C12H10N4O5/c1-17-3-4-19(20(15-17)26-11-13-31-14-12-26)16-25-7-9-27(10-8-25)22(30)28-6-5-21(24-28)23-18(2)29;1-17-5-6-18(19(15-17)23-11-13-26-14-12-23)16-22-7-9-24(10-8-22)20(25)27-21(2,3)4;1-8(17)13-11-6-7-15(14-11)12(18)21-10-4-2-9(3-5-10)16(19)20/h3-6,15H,7-14,16H2,1-2H3,(H,23,24,29);5-6,15H,7-14,16H2,1-4H3;2-7H,1H3,(H,13,14,17). The average molecular weight is 1090 g/mol. The van der Waals surface area contributed by atoms with Crippen LogP contribution in [0.2, 0.25) is 0 Å². The van der Waals surface area contributed by atoms with Gasteiger partial charge in [-0.15, -0.1) is 10.2 Å². The van der Waals surface area contributed by atoms with Gasteiger partial charge in [0.15, 0.2) is 11.6 Å². The number of morpholine rings is 2. The molecule has 5 aromatic rings. The minimum absolute atomic E-state index is 0.109. The Bertz CT molecular complexity index is 2870. The normalized spacial score (nSPS) is 16.1. The second-order valence-electron chi connectivity index (χ2n) is 20.5. The number of hydrogen-bond donors (Lipinski definition) is 2. The van der Waals surface area contributed by atoms with E-state index in [1.165, 1.54) is 88.7 Å². The van der Waals surface area contributed by atoms with E-state index in [1.807, 2.05) is 25.7 Å². The average Bonchev–Trinajstić information content (AvgIpc) is 4.14. The van der Waals surface area contributed by atoms with E-state index in [4.69, 9.17) is 18.9 Å². The van der Waals surface area contributed by atoms with Crippen LogP contribution in [0.1, 0.15) is 56.9 Å². The molecule has 0 radical (unpaired) electrons. The molecule has 0 atom stereocenters. The number of hydrogen-bond acceptors (Lipinski definition) is 17. The number of rotatable bonds is 10. The number of anilines is 4. The van der Waals surface area contributed by atoms with Crippen LogP contribution >= 0.6 is 0 Å². The molecule has 24 nitrogen and oxygen atoms in total. The van der Waals surface area contributed by atoms with Gasteiger partial charge < -0.3 is 49.2 Å². The summed E-state index contributed by atoms with van der Waals surface area (Å²) in [5, 5.41) is 23.4. The Morgan fingerprint density at radius 2 is 1.04 bits per heavy atom. The van der Waals surface area contributed by atoms with Crippen LogP contribution < -0.4 is 25.2 Å². The van der Waals surface area contributed by atoms with Crippen LogP contribution in [0, 0.1) is 24.0 Å². The van der Waals surface area contributed by atoms with E-state index in [-0.39, 0.29) is 41.2 Å². The lowest BCUT2D eigenvalue weighted by Crippen LogP contribution is -2.49. The van der Waals surface area contributed by atoms with Gasteiger partial charge in [0.25, 0.3) is 5.69 Å². The first-order valence-electron chi connectivity index (χ1n) is 26.5. The first-order valence-corrected chi connectivity index (χ1v) is 26.5. The number of nitrogens with zero attached hydrogens (tertiary/aromatic N) is 11.